The summed E-state index contributed by atoms with van der Waals surface area (Å²) in [6, 6.07) is 6.21. The van der Waals surface area contributed by atoms with Crippen LogP contribution >= 0.6 is 0 Å². The fraction of sp³-hybridized carbons (Fsp3) is 0.438. The molecule has 1 aliphatic carbocycles. The van der Waals surface area contributed by atoms with Crippen LogP contribution in [0.2, 0.25) is 0 Å². The number of aromatic amines is 1. The maximum atomic E-state index is 13.1. The first-order valence-electron chi connectivity index (χ1n) is 7.18. The van der Waals surface area contributed by atoms with Crippen molar-refractivity contribution < 1.29 is 9.50 Å². The summed E-state index contributed by atoms with van der Waals surface area (Å²) >= 11 is 0. The van der Waals surface area contributed by atoms with E-state index in [9.17, 15) is 9.50 Å². The quantitative estimate of drug-likeness (QED) is 0.824. The SMILES string of the molecule is OC1(c2ccc(F)cc2)CCCCCC1c1ncc[nH]1. The van der Waals surface area contributed by atoms with Gasteiger partial charge in [0.15, 0.2) is 0 Å². The molecule has 2 N–H and O–H groups in total. The summed E-state index contributed by atoms with van der Waals surface area (Å²) in [6.07, 6.45) is 8.24. The zero-order chi connectivity index (χ0) is 14.0. The highest BCUT2D eigenvalue weighted by molar-refractivity contribution is 5.27. The minimum Gasteiger partial charge on any atom is -0.384 e. The summed E-state index contributed by atoms with van der Waals surface area (Å²) in [5, 5.41) is 11.3. The van der Waals surface area contributed by atoms with Crippen molar-refractivity contribution in [1.82, 2.24) is 9.97 Å². The summed E-state index contributed by atoms with van der Waals surface area (Å²) in [5.41, 5.74) is -0.190. The molecule has 1 aliphatic rings. The first kappa shape index (κ1) is 13.3. The van der Waals surface area contributed by atoms with Crippen molar-refractivity contribution in [2.45, 2.75) is 43.6 Å². The Balaban J connectivity index is 2.02. The summed E-state index contributed by atoms with van der Waals surface area (Å²) in [5.74, 6) is 0.477. The van der Waals surface area contributed by atoms with Gasteiger partial charge in [-0.25, -0.2) is 9.37 Å². The van der Waals surface area contributed by atoms with E-state index in [1.807, 2.05) is 0 Å². The molecule has 20 heavy (non-hydrogen) atoms. The molecule has 0 spiro atoms. The normalized spacial score (nSPS) is 27.2. The van der Waals surface area contributed by atoms with Crippen LogP contribution in [0.3, 0.4) is 0 Å². The molecule has 1 heterocycles. The maximum Gasteiger partial charge on any atom is 0.123 e. The first-order valence-corrected chi connectivity index (χ1v) is 7.18. The van der Waals surface area contributed by atoms with Crippen LogP contribution in [-0.4, -0.2) is 15.1 Å². The molecular weight excluding hydrogens is 255 g/mol. The molecule has 3 rings (SSSR count). The van der Waals surface area contributed by atoms with Gasteiger partial charge in [0.1, 0.15) is 11.6 Å². The lowest BCUT2D eigenvalue weighted by atomic mass is 9.77. The van der Waals surface area contributed by atoms with Gasteiger partial charge in [0, 0.05) is 12.4 Å². The molecule has 0 radical (unpaired) electrons. The van der Waals surface area contributed by atoms with Gasteiger partial charge < -0.3 is 10.1 Å². The Morgan fingerprint density at radius 3 is 2.70 bits per heavy atom. The zero-order valence-corrected chi connectivity index (χ0v) is 11.3. The Hall–Kier alpha value is -1.68. The third kappa shape index (κ3) is 2.36. The first-order chi connectivity index (χ1) is 9.70. The summed E-state index contributed by atoms with van der Waals surface area (Å²) in [7, 11) is 0. The highest BCUT2D eigenvalue weighted by Gasteiger charge is 2.41. The van der Waals surface area contributed by atoms with Crippen molar-refractivity contribution in [3.63, 3.8) is 0 Å². The monoisotopic (exact) mass is 274 g/mol. The van der Waals surface area contributed by atoms with Gasteiger partial charge in [-0.05, 0) is 30.5 Å². The van der Waals surface area contributed by atoms with Gasteiger partial charge in [-0.2, -0.15) is 0 Å². The predicted molar refractivity (Wildman–Crippen MR) is 74.7 cm³/mol. The number of rotatable bonds is 2. The molecule has 1 aromatic carbocycles. The van der Waals surface area contributed by atoms with Gasteiger partial charge in [-0.3, -0.25) is 0 Å². The van der Waals surface area contributed by atoms with E-state index in [2.05, 4.69) is 9.97 Å². The van der Waals surface area contributed by atoms with Crippen molar-refractivity contribution in [2.24, 2.45) is 0 Å². The highest BCUT2D eigenvalue weighted by Crippen LogP contribution is 2.45. The van der Waals surface area contributed by atoms with Gasteiger partial charge >= 0.3 is 0 Å². The maximum absolute atomic E-state index is 13.1. The van der Waals surface area contributed by atoms with Gasteiger partial charge in [-0.1, -0.05) is 31.4 Å². The number of hydrogen-bond donors (Lipinski definition) is 2. The van der Waals surface area contributed by atoms with Crippen LogP contribution in [-0.2, 0) is 5.60 Å². The van der Waals surface area contributed by atoms with E-state index in [-0.39, 0.29) is 11.7 Å². The summed E-state index contributed by atoms with van der Waals surface area (Å²) < 4.78 is 13.1. The van der Waals surface area contributed by atoms with Gasteiger partial charge in [-0.15, -0.1) is 0 Å². The third-order valence-electron chi connectivity index (χ3n) is 4.32. The summed E-state index contributed by atoms with van der Waals surface area (Å²) in [4.78, 5) is 7.46. The predicted octanol–water partition coefficient (Wildman–Crippen LogP) is 3.48. The largest absolute Gasteiger partial charge is 0.384 e. The van der Waals surface area contributed by atoms with Gasteiger partial charge in [0.05, 0.1) is 11.5 Å². The van der Waals surface area contributed by atoms with Crippen molar-refractivity contribution in [3.05, 3.63) is 53.9 Å². The lowest BCUT2D eigenvalue weighted by Gasteiger charge is -2.34. The number of imidazole rings is 1. The number of nitrogens with one attached hydrogen (secondary N) is 1. The van der Waals surface area contributed by atoms with E-state index in [0.29, 0.717) is 6.42 Å². The van der Waals surface area contributed by atoms with E-state index in [4.69, 9.17) is 0 Å². The second-order valence-corrected chi connectivity index (χ2v) is 5.56. The van der Waals surface area contributed by atoms with E-state index in [1.165, 1.54) is 12.1 Å². The molecule has 2 atom stereocenters. The van der Waals surface area contributed by atoms with Crippen LogP contribution < -0.4 is 0 Å². The molecule has 106 valence electrons. The van der Waals surface area contributed by atoms with Crippen molar-refractivity contribution in [2.75, 3.05) is 0 Å². The van der Waals surface area contributed by atoms with Crippen molar-refractivity contribution in [3.8, 4) is 0 Å². The molecule has 1 saturated carbocycles. The Kier molecular flexibility index (Phi) is 3.57. The van der Waals surface area contributed by atoms with E-state index < -0.39 is 5.60 Å². The van der Waals surface area contributed by atoms with Crippen LogP contribution in [0.15, 0.2) is 36.7 Å². The molecule has 0 amide bonds. The van der Waals surface area contributed by atoms with E-state index in [1.54, 1.807) is 24.5 Å². The standard InChI is InChI=1S/C16H19FN2O/c17-13-7-5-12(6-8-13)16(20)9-3-1-2-4-14(16)15-18-10-11-19-15/h5-8,10-11,14,20H,1-4,9H2,(H,18,19). The topological polar surface area (TPSA) is 48.9 Å². The van der Waals surface area contributed by atoms with Crippen LogP contribution in [0.4, 0.5) is 4.39 Å². The average Bonchev–Trinajstić information content (AvgIpc) is 2.90. The second kappa shape index (κ2) is 5.37. The molecular formula is C16H19FN2O. The molecule has 1 aromatic heterocycles. The Bertz CT molecular complexity index is 552. The third-order valence-corrected chi connectivity index (χ3v) is 4.32. The Morgan fingerprint density at radius 2 is 2.00 bits per heavy atom. The van der Waals surface area contributed by atoms with Gasteiger partial charge in [0.2, 0.25) is 0 Å². The summed E-state index contributed by atoms with van der Waals surface area (Å²) in [6.45, 7) is 0. The minimum atomic E-state index is -0.970. The van der Waals surface area contributed by atoms with Crippen LogP contribution in [0, 0.1) is 5.82 Å². The van der Waals surface area contributed by atoms with E-state index in [0.717, 1.165) is 37.1 Å². The Labute approximate surface area is 117 Å². The second-order valence-electron chi connectivity index (χ2n) is 5.56. The number of halogens is 1. The molecule has 0 saturated heterocycles. The molecule has 1 fully saturated rings. The van der Waals surface area contributed by atoms with Gasteiger partial charge in [0.25, 0.3) is 0 Å². The Morgan fingerprint density at radius 1 is 1.20 bits per heavy atom. The van der Waals surface area contributed by atoms with E-state index >= 15 is 0 Å². The lowest BCUT2D eigenvalue weighted by Crippen LogP contribution is -2.33. The molecule has 4 heteroatoms. The zero-order valence-electron chi connectivity index (χ0n) is 11.3. The molecule has 2 aromatic rings. The highest BCUT2D eigenvalue weighted by atomic mass is 19.1. The smallest absolute Gasteiger partial charge is 0.123 e. The van der Waals surface area contributed by atoms with Crippen LogP contribution in [0.5, 0.6) is 0 Å². The fourth-order valence-corrected chi connectivity index (χ4v) is 3.25. The number of hydrogen-bond acceptors (Lipinski definition) is 2. The number of nitrogens with zero attached hydrogens (tertiary/aromatic N) is 1. The molecule has 0 aliphatic heterocycles. The molecule has 3 nitrogen and oxygen atoms in total. The van der Waals surface area contributed by atoms with Crippen LogP contribution in [0.1, 0.15) is 49.4 Å². The van der Waals surface area contributed by atoms with Crippen LogP contribution in [0.25, 0.3) is 0 Å². The fourth-order valence-electron chi connectivity index (χ4n) is 3.25. The average molecular weight is 274 g/mol. The lowest BCUT2D eigenvalue weighted by molar-refractivity contribution is -0.00232. The molecule has 0 bridgehead atoms. The van der Waals surface area contributed by atoms with Crippen molar-refractivity contribution in [1.29, 1.82) is 0 Å². The number of aliphatic hydroxyl groups is 1. The number of H-pyrrole nitrogens is 1. The number of benzene rings is 1. The van der Waals surface area contributed by atoms with Crippen molar-refractivity contribution >= 4 is 0 Å². The minimum absolute atomic E-state index is 0.0644. The molecule has 2 unspecified atom stereocenters. The number of aromatic nitrogens is 2.